The fourth-order valence-corrected chi connectivity index (χ4v) is 1.07. The predicted octanol–water partition coefficient (Wildman–Crippen LogP) is 2.27. The molecule has 1 aromatic rings. The lowest BCUT2D eigenvalue weighted by Crippen LogP contribution is -1.90. The van der Waals surface area contributed by atoms with Gasteiger partial charge in [-0.2, -0.15) is 0 Å². The van der Waals surface area contributed by atoms with E-state index in [1.807, 2.05) is 24.3 Å². The zero-order valence-corrected chi connectivity index (χ0v) is 6.42. The molecule has 1 heteroatoms. The van der Waals surface area contributed by atoms with Crippen molar-refractivity contribution in [3.63, 3.8) is 0 Å². The molecule has 1 nitrogen and oxygen atoms in total. The fourth-order valence-electron chi connectivity index (χ4n) is 1.07. The fraction of sp³-hybridized carbons (Fsp3) is 0.200. The molecule has 1 rings (SSSR count). The molecule has 1 aromatic carbocycles. The molecule has 0 heterocycles. The average molecular weight is 147 g/mol. The molecule has 0 atom stereocenters. The molecule has 0 N–H and O–H groups in total. The number of aldehydes is 1. The number of carbonyl (C=O) groups is 1. The first-order valence-electron chi connectivity index (χ1n) is 3.71. The summed E-state index contributed by atoms with van der Waals surface area (Å²) in [5.41, 5.74) is 1.88. The zero-order valence-electron chi connectivity index (χ0n) is 6.42. The van der Waals surface area contributed by atoms with E-state index in [0.29, 0.717) is 0 Å². The maximum absolute atomic E-state index is 10.5. The van der Waals surface area contributed by atoms with E-state index >= 15 is 0 Å². The summed E-state index contributed by atoms with van der Waals surface area (Å²) >= 11 is 0. The van der Waals surface area contributed by atoms with E-state index < -0.39 is 0 Å². The second kappa shape index (κ2) is 3.91. The summed E-state index contributed by atoms with van der Waals surface area (Å²) in [7, 11) is 0. The van der Waals surface area contributed by atoms with Crippen LogP contribution in [0.4, 0.5) is 0 Å². The predicted molar refractivity (Wildman–Crippen MR) is 45.5 cm³/mol. The van der Waals surface area contributed by atoms with E-state index in [1.165, 1.54) is 0 Å². The molecule has 0 aromatic heterocycles. The van der Waals surface area contributed by atoms with Gasteiger partial charge in [-0.15, -0.1) is 0 Å². The minimum atomic E-state index is 0.788. The van der Waals surface area contributed by atoms with Gasteiger partial charge in [0.2, 0.25) is 0 Å². The SMILES string of the molecule is [CH2]CCc1ccccc1C=O. The van der Waals surface area contributed by atoms with Crippen molar-refractivity contribution >= 4 is 6.29 Å². The van der Waals surface area contributed by atoms with Gasteiger partial charge in [-0.05, 0) is 18.4 Å². The van der Waals surface area contributed by atoms with Crippen molar-refractivity contribution in [1.82, 2.24) is 0 Å². The molecule has 0 aliphatic heterocycles. The van der Waals surface area contributed by atoms with E-state index in [9.17, 15) is 4.79 Å². The summed E-state index contributed by atoms with van der Waals surface area (Å²) in [6, 6.07) is 7.61. The Bertz CT molecular complexity index is 240. The molecule has 11 heavy (non-hydrogen) atoms. The third-order valence-electron chi connectivity index (χ3n) is 1.63. The lowest BCUT2D eigenvalue weighted by molar-refractivity contribution is 0.112. The molecule has 57 valence electrons. The Kier molecular flexibility index (Phi) is 2.84. The Morgan fingerprint density at radius 1 is 1.36 bits per heavy atom. The maximum atomic E-state index is 10.5. The monoisotopic (exact) mass is 147 g/mol. The van der Waals surface area contributed by atoms with Gasteiger partial charge >= 0.3 is 0 Å². The zero-order chi connectivity index (χ0) is 8.10. The van der Waals surface area contributed by atoms with Crippen LogP contribution in [-0.2, 0) is 6.42 Å². The normalized spacial score (nSPS) is 9.55. The summed E-state index contributed by atoms with van der Waals surface area (Å²) in [6.07, 6.45) is 2.62. The van der Waals surface area contributed by atoms with E-state index in [2.05, 4.69) is 6.92 Å². The minimum Gasteiger partial charge on any atom is -0.298 e. The van der Waals surface area contributed by atoms with E-state index in [0.717, 1.165) is 30.3 Å². The number of aryl methyl sites for hydroxylation is 1. The van der Waals surface area contributed by atoms with Gasteiger partial charge < -0.3 is 0 Å². The third-order valence-corrected chi connectivity index (χ3v) is 1.63. The largest absolute Gasteiger partial charge is 0.298 e. The molecule has 0 saturated heterocycles. The Morgan fingerprint density at radius 2 is 2.09 bits per heavy atom. The van der Waals surface area contributed by atoms with Crippen LogP contribution in [0.1, 0.15) is 22.3 Å². The number of benzene rings is 1. The van der Waals surface area contributed by atoms with Gasteiger partial charge in [0, 0.05) is 5.56 Å². The smallest absolute Gasteiger partial charge is 0.150 e. The lowest BCUT2D eigenvalue weighted by Gasteiger charge is -2.00. The van der Waals surface area contributed by atoms with Crippen LogP contribution in [0.25, 0.3) is 0 Å². The number of carbonyl (C=O) groups excluding carboxylic acids is 1. The lowest BCUT2D eigenvalue weighted by atomic mass is 10.0. The standard InChI is InChI=1S/C10H11O/c1-2-5-9-6-3-4-7-10(9)8-11/h3-4,6-8H,1-2,5H2. The molecule has 0 unspecified atom stereocenters. The van der Waals surface area contributed by atoms with Gasteiger partial charge in [0.1, 0.15) is 6.29 Å². The van der Waals surface area contributed by atoms with Crippen molar-refractivity contribution in [2.24, 2.45) is 0 Å². The Balaban J connectivity index is 2.92. The van der Waals surface area contributed by atoms with Crippen LogP contribution < -0.4 is 0 Å². The van der Waals surface area contributed by atoms with E-state index in [-0.39, 0.29) is 0 Å². The van der Waals surface area contributed by atoms with Gasteiger partial charge in [0.25, 0.3) is 0 Å². The quantitative estimate of drug-likeness (QED) is 0.599. The molecule has 0 aliphatic rings. The molecule has 0 bridgehead atoms. The molecule has 0 amide bonds. The Morgan fingerprint density at radius 3 is 2.73 bits per heavy atom. The topological polar surface area (TPSA) is 17.1 Å². The van der Waals surface area contributed by atoms with E-state index in [1.54, 1.807) is 0 Å². The van der Waals surface area contributed by atoms with Crippen LogP contribution in [0.15, 0.2) is 24.3 Å². The molecular formula is C10H11O. The highest BCUT2D eigenvalue weighted by atomic mass is 16.1. The van der Waals surface area contributed by atoms with Crippen molar-refractivity contribution in [3.8, 4) is 0 Å². The Labute approximate surface area is 67.1 Å². The summed E-state index contributed by atoms with van der Waals surface area (Å²) in [5, 5.41) is 0. The number of hydrogen-bond donors (Lipinski definition) is 0. The second-order valence-electron chi connectivity index (χ2n) is 2.42. The highest BCUT2D eigenvalue weighted by molar-refractivity contribution is 5.77. The van der Waals surface area contributed by atoms with Crippen LogP contribution in [0.5, 0.6) is 0 Å². The highest BCUT2D eigenvalue weighted by Crippen LogP contribution is 2.07. The average Bonchev–Trinajstić information content (AvgIpc) is 2.06. The van der Waals surface area contributed by atoms with Crippen molar-refractivity contribution in [2.45, 2.75) is 12.8 Å². The van der Waals surface area contributed by atoms with Crippen molar-refractivity contribution in [1.29, 1.82) is 0 Å². The first-order valence-corrected chi connectivity index (χ1v) is 3.71. The summed E-state index contributed by atoms with van der Waals surface area (Å²) in [4.78, 5) is 10.5. The van der Waals surface area contributed by atoms with Crippen molar-refractivity contribution in [2.75, 3.05) is 0 Å². The summed E-state index contributed by atoms with van der Waals surface area (Å²) < 4.78 is 0. The van der Waals surface area contributed by atoms with E-state index in [4.69, 9.17) is 0 Å². The van der Waals surface area contributed by atoms with Crippen molar-refractivity contribution < 1.29 is 4.79 Å². The van der Waals surface area contributed by atoms with Gasteiger partial charge in [-0.25, -0.2) is 0 Å². The van der Waals surface area contributed by atoms with Gasteiger partial charge in [0.15, 0.2) is 0 Å². The summed E-state index contributed by atoms with van der Waals surface area (Å²) in [6.45, 7) is 3.74. The van der Waals surface area contributed by atoms with Crippen LogP contribution in [0, 0.1) is 6.92 Å². The van der Waals surface area contributed by atoms with Crippen LogP contribution in [0.2, 0.25) is 0 Å². The Hall–Kier alpha value is -1.11. The second-order valence-corrected chi connectivity index (χ2v) is 2.42. The van der Waals surface area contributed by atoms with Gasteiger partial charge in [-0.1, -0.05) is 31.2 Å². The van der Waals surface area contributed by atoms with Crippen LogP contribution in [-0.4, -0.2) is 6.29 Å². The highest BCUT2D eigenvalue weighted by Gasteiger charge is 1.96. The number of hydrogen-bond acceptors (Lipinski definition) is 1. The molecule has 0 spiro atoms. The molecule has 0 saturated carbocycles. The van der Waals surface area contributed by atoms with Crippen molar-refractivity contribution in [3.05, 3.63) is 42.3 Å². The minimum absolute atomic E-state index is 0.788. The molecule has 1 radical (unpaired) electrons. The molecule has 0 aliphatic carbocycles. The van der Waals surface area contributed by atoms with Crippen LogP contribution in [0.3, 0.4) is 0 Å². The molecular weight excluding hydrogens is 136 g/mol. The first-order chi connectivity index (χ1) is 5.38. The van der Waals surface area contributed by atoms with Gasteiger partial charge in [-0.3, -0.25) is 4.79 Å². The number of rotatable bonds is 3. The van der Waals surface area contributed by atoms with Crippen LogP contribution >= 0.6 is 0 Å². The third kappa shape index (κ3) is 1.90. The van der Waals surface area contributed by atoms with Gasteiger partial charge in [0.05, 0.1) is 0 Å². The summed E-state index contributed by atoms with van der Waals surface area (Å²) in [5.74, 6) is 0. The maximum Gasteiger partial charge on any atom is 0.150 e. The molecule has 0 fully saturated rings. The first kappa shape index (κ1) is 7.99.